The minimum Gasteiger partial charge on any atom is -0.315 e. The summed E-state index contributed by atoms with van der Waals surface area (Å²) in [5.41, 5.74) is 0.753. The van der Waals surface area contributed by atoms with Crippen LogP contribution in [0.25, 0.3) is 0 Å². The maximum Gasteiger partial charge on any atom is 0.242 e. The van der Waals surface area contributed by atoms with Gasteiger partial charge in [0, 0.05) is 13.1 Å². The molecule has 0 aliphatic heterocycles. The van der Waals surface area contributed by atoms with Gasteiger partial charge in [0.05, 0.1) is 5.02 Å². The molecule has 0 heterocycles. The first-order valence-corrected chi connectivity index (χ1v) is 7.80. The fourth-order valence-corrected chi connectivity index (χ4v) is 3.09. The average Bonchev–Trinajstić information content (AvgIpc) is 2.32. The standard InChI is InChI=1S/C12H19ClN2O2S/c1-3-7-14-8-9-15-18(16,17)11-6-4-5-10(2)12(11)13/h4-6,14-15H,3,7-9H2,1-2H3. The van der Waals surface area contributed by atoms with Gasteiger partial charge in [-0.05, 0) is 31.5 Å². The summed E-state index contributed by atoms with van der Waals surface area (Å²) in [6, 6.07) is 4.98. The first-order valence-electron chi connectivity index (χ1n) is 5.94. The molecule has 0 aliphatic carbocycles. The van der Waals surface area contributed by atoms with E-state index in [1.54, 1.807) is 19.1 Å². The Labute approximate surface area is 114 Å². The third-order valence-electron chi connectivity index (χ3n) is 2.47. The van der Waals surface area contributed by atoms with Crippen molar-refractivity contribution in [1.29, 1.82) is 0 Å². The van der Waals surface area contributed by atoms with E-state index in [2.05, 4.69) is 17.0 Å². The molecule has 0 saturated carbocycles. The topological polar surface area (TPSA) is 58.2 Å². The second kappa shape index (κ2) is 7.09. The molecule has 4 nitrogen and oxygen atoms in total. The Balaban J connectivity index is 2.66. The lowest BCUT2D eigenvalue weighted by Crippen LogP contribution is -2.32. The highest BCUT2D eigenvalue weighted by molar-refractivity contribution is 7.89. The van der Waals surface area contributed by atoms with E-state index in [9.17, 15) is 8.42 Å². The van der Waals surface area contributed by atoms with Gasteiger partial charge in [0.2, 0.25) is 10.0 Å². The van der Waals surface area contributed by atoms with Gasteiger partial charge in [-0.1, -0.05) is 30.7 Å². The largest absolute Gasteiger partial charge is 0.315 e. The number of rotatable bonds is 7. The highest BCUT2D eigenvalue weighted by atomic mass is 35.5. The van der Waals surface area contributed by atoms with E-state index in [0.29, 0.717) is 13.1 Å². The molecule has 0 radical (unpaired) electrons. The molecule has 0 bridgehead atoms. The Morgan fingerprint density at radius 1 is 1.22 bits per heavy atom. The molecule has 0 aromatic heterocycles. The number of hydrogen-bond donors (Lipinski definition) is 2. The molecule has 0 atom stereocenters. The average molecular weight is 291 g/mol. The summed E-state index contributed by atoms with van der Waals surface area (Å²) in [6.45, 7) is 5.68. The number of nitrogens with one attached hydrogen (secondary N) is 2. The molecule has 0 unspecified atom stereocenters. The predicted molar refractivity (Wildman–Crippen MR) is 74.5 cm³/mol. The Kier molecular flexibility index (Phi) is 6.08. The van der Waals surface area contributed by atoms with Crippen molar-refractivity contribution in [2.75, 3.05) is 19.6 Å². The third kappa shape index (κ3) is 4.24. The van der Waals surface area contributed by atoms with Gasteiger partial charge in [-0.25, -0.2) is 13.1 Å². The van der Waals surface area contributed by atoms with Crippen molar-refractivity contribution in [1.82, 2.24) is 10.0 Å². The summed E-state index contributed by atoms with van der Waals surface area (Å²) in [6.07, 6.45) is 1.02. The van der Waals surface area contributed by atoms with Gasteiger partial charge in [0.15, 0.2) is 0 Å². The summed E-state index contributed by atoms with van der Waals surface area (Å²) in [4.78, 5) is 0.139. The van der Waals surface area contributed by atoms with Crippen molar-refractivity contribution < 1.29 is 8.42 Å². The van der Waals surface area contributed by atoms with E-state index in [-0.39, 0.29) is 9.92 Å². The van der Waals surface area contributed by atoms with Gasteiger partial charge >= 0.3 is 0 Å². The Morgan fingerprint density at radius 3 is 2.61 bits per heavy atom. The maximum absolute atomic E-state index is 12.0. The minimum absolute atomic E-state index is 0.139. The molecule has 6 heteroatoms. The lowest BCUT2D eigenvalue weighted by Gasteiger charge is -2.10. The number of sulfonamides is 1. The Bertz CT molecular complexity index is 489. The van der Waals surface area contributed by atoms with Crippen LogP contribution in [0.4, 0.5) is 0 Å². The van der Waals surface area contributed by atoms with E-state index in [1.165, 1.54) is 6.07 Å². The highest BCUT2D eigenvalue weighted by Crippen LogP contribution is 2.24. The van der Waals surface area contributed by atoms with Crippen molar-refractivity contribution in [2.45, 2.75) is 25.2 Å². The molecule has 1 rings (SSSR count). The van der Waals surface area contributed by atoms with Crippen LogP contribution < -0.4 is 10.0 Å². The van der Waals surface area contributed by atoms with Crippen LogP contribution in [0.3, 0.4) is 0 Å². The molecule has 18 heavy (non-hydrogen) atoms. The van der Waals surface area contributed by atoms with E-state index >= 15 is 0 Å². The lowest BCUT2D eigenvalue weighted by molar-refractivity contribution is 0.575. The minimum atomic E-state index is -3.52. The molecule has 1 aromatic rings. The van der Waals surface area contributed by atoms with Gasteiger partial charge in [-0.3, -0.25) is 0 Å². The summed E-state index contributed by atoms with van der Waals surface area (Å²) >= 11 is 6.01. The zero-order valence-electron chi connectivity index (χ0n) is 10.7. The van der Waals surface area contributed by atoms with Crippen LogP contribution in [0.1, 0.15) is 18.9 Å². The van der Waals surface area contributed by atoms with Gasteiger partial charge in [-0.2, -0.15) is 0 Å². The molecule has 0 aliphatic rings. The fourth-order valence-electron chi connectivity index (χ4n) is 1.48. The van der Waals surface area contributed by atoms with Gasteiger partial charge in [0.1, 0.15) is 4.90 Å². The van der Waals surface area contributed by atoms with Gasteiger partial charge < -0.3 is 5.32 Å². The zero-order valence-corrected chi connectivity index (χ0v) is 12.2. The number of benzene rings is 1. The first kappa shape index (κ1) is 15.4. The number of aryl methyl sites for hydroxylation is 1. The maximum atomic E-state index is 12.0. The first-order chi connectivity index (χ1) is 8.49. The van der Waals surface area contributed by atoms with Crippen molar-refractivity contribution in [3.63, 3.8) is 0 Å². The molecular weight excluding hydrogens is 272 g/mol. The van der Waals surface area contributed by atoms with Crippen LogP contribution in [-0.4, -0.2) is 28.1 Å². The molecule has 0 saturated heterocycles. The van der Waals surface area contributed by atoms with Crippen LogP contribution in [0.15, 0.2) is 23.1 Å². The monoisotopic (exact) mass is 290 g/mol. The van der Waals surface area contributed by atoms with Crippen molar-refractivity contribution in [2.24, 2.45) is 0 Å². The summed E-state index contributed by atoms with van der Waals surface area (Å²) < 4.78 is 26.6. The van der Waals surface area contributed by atoms with Crippen molar-refractivity contribution in [3.8, 4) is 0 Å². The van der Waals surface area contributed by atoms with Gasteiger partial charge in [0.25, 0.3) is 0 Å². The van der Waals surface area contributed by atoms with Crippen LogP contribution in [0.5, 0.6) is 0 Å². The second-order valence-electron chi connectivity index (χ2n) is 4.03. The van der Waals surface area contributed by atoms with Crippen LogP contribution in [-0.2, 0) is 10.0 Å². The second-order valence-corrected chi connectivity index (χ2v) is 6.15. The molecule has 0 spiro atoms. The van der Waals surface area contributed by atoms with Crippen LogP contribution in [0.2, 0.25) is 5.02 Å². The van der Waals surface area contributed by atoms with E-state index < -0.39 is 10.0 Å². The Hall–Kier alpha value is -0.620. The third-order valence-corrected chi connectivity index (χ3v) is 4.58. The lowest BCUT2D eigenvalue weighted by atomic mass is 10.2. The number of halogens is 1. The van der Waals surface area contributed by atoms with E-state index in [0.717, 1.165) is 18.5 Å². The highest BCUT2D eigenvalue weighted by Gasteiger charge is 2.17. The molecule has 0 amide bonds. The SMILES string of the molecule is CCCNCCNS(=O)(=O)c1cccc(C)c1Cl. The summed E-state index contributed by atoms with van der Waals surface area (Å²) in [5.74, 6) is 0. The van der Waals surface area contributed by atoms with Crippen molar-refractivity contribution >= 4 is 21.6 Å². The van der Waals surface area contributed by atoms with E-state index in [1.807, 2.05) is 0 Å². The van der Waals surface area contributed by atoms with Crippen LogP contribution in [0, 0.1) is 6.92 Å². The molecular formula is C12H19ClN2O2S. The normalized spacial score (nSPS) is 11.7. The van der Waals surface area contributed by atoms with E-state index in [4.69, 9.17) is 11.6 Å². The molecule has 2 N–H and O–H groups in total. The molecule has 1 aromatic carbocycles. The smallest absolute Gasteiger partial charge is 0.242 e. The molecule has 102 valence electrons. The zero-order chi connectivity index (χ0) is 13.6. The summed E-state index contributed by atoms with van der Waals surface area (Å²) in [5, 5.41) is 3.41. The summed E-state index contributed by atoms with van der Waals surface area (Å²) in [7, 11) is -3.52. The Morgan fingerprint density at radius 2 is 1.94 bits per heavy atom. The number of hydrogen-bond acceptors (Lipinski definition) is 3. The quantitative estimate of drug-likeness (QED) is 0.755. The predicted octanol–water partition coefficient (Wildman–Crippen LogP) is 1.93. The van der Waals surface area contributed by atoms with Crippen LogP contribution >= 0.6 is 11.6 Å². The van der Waals surface area contributed by atoms with Gasteiger partial charge in [-0.15, -0.1) is 0 Å². The molecule has 0 fully saturated rings. The van der Waals surface area contributed by atoms with Crippen molar-refractivity contribution in [3.05, 3.63) is 28.8 Å². The fraction of sp³-hybridized carbons (Fsp3) is 0.500.